The van der Waals surface area contributed by atoms with Crippen LogP contribution in [0.5, 0.6) is 5.75 Å². The van der Waals surface area contributed by atoms with Crippen molar-refractivity contribution >= 4 is 11.8 Å². The van der Waals surface area contributed by atoms with Gasteiger partial charge in [-0.3, -0.25) is 9.59 Å². The van der Waals surface area contributed by atoms with Crippen molar-refractivity contribution in [2.75, 3.05) is 0 Å². The molecule has 0 atom stereocenters. The van der Waals surface area contributed by atoms with Gasteiger partial charge < -0.3 is 16.2 Å². The van der Waals surface area contributed by atoms with Crippen molar-refractivity contribution in [2.24, 2.45) is 5.73 Å². The van der Waals surface area contributed by atoms with Gasteiger partial charge in [0, 0.05) is 12.1 Å². The zero-order valence-corrected chi connectivity index (χ0v) is 11.4. The van der Waals surface area contributed by atoms with Crippen molar-refractivity contribution < 1.29 is 14.7 Å². The number of carbonyl (C=O) groups is 2. The SMILES string of the molecule is NC(=O)Cc1cccc(C(=O)NCc2ccc(O)cc2)c1. The van der Waals surface area contributed by atoms with Crippen LogP contribution >= 0.6 is 0 Å². The predicted molar refractivity (Wildman–Crippen MR) is 78.6 cm³/mol. The van der Waals surface area contributed by atoms with E-state index in [2.05, 4.69) is 5.32 Å². The molecule has 108 valence electrons. The number of primary amides is 1. The molecule has 0 bridgehead atoms. The van der Waals surface area contributed by atoms with Crippen LogP contribution in [0.1, 0.15) is 21.5 Å². The highest BCUT2D eigenvalue weighted by Crippen LogP contribution is 2.10. The lowest BCUT2D eigenvalue weighted by atomic mass is 10.1. The molecule has 0 heterocycles. The number of carbonyl (C=O) groups excluding carboxylic acids is 2. The standard InChI is InChI=1S/C16H16N2O3/c17-15(20)9-12-2-1-3-13(8-12)16(21)18-10-11-4-6-14(19)7-5-11/h1-8,19H,9-10H2,(H2,17,20)(H,18,21). The summed E-state index contributed by atoms with van der Waals surface area (Å²) in [5.74, 6) is -0.477. The topological polar surface area (TPSA) is 92.4 Å². The second-order valence-electron chi connectivity index (χ2n) is 4.69. The Hall–Kier alpha value is -2.82. The molecule has 0 radical (unpaired) electrons. The fraction of sp³-hybridized carbons (Fsp3) is 0.125. The minimum absolute atomic E-state index is 0.110. The van der Waals surface area contributed by atoms with Crippen LogP contribution in [0.4, 0.5) is 0 Å². The minimum atomic E-state index is -0.434. The maximum Gasteiger partial charge on any atom is 0.251 e. The van der Waals surface area contributed by atoms with E-state index in [1.807, 2.05) is 0 Å². The molecule has 5 heteroatoms. The maximum absolute atomic E-state index is 12.0. The summed E-state index contributed by atoms with van der Waals surface area (Å²) in [6.07, 6.45) is 0.110. The van der Waals surface area contributed by atoms with Crippen molar-refractivity contribution in [1.29, 1.82) is 0 Å². The highest BCUT2D eigenvalue weighted by molar-refractivity contribution is 5.94. The molecule has 0 aliphatic carbocycles. The Kier molecular flexibility index (Phi) is 4.56. The van der Waals surface area contributed by atoms with Gasteiger partial charge >= 0.3 is 0 Å². The number of benzene rings is 2. The van der Waals surface area contributed by atoms with Crippen LogP contribution < -0.4 is 11.1 Å². The smallest absolute Gasteiger partial charge is 0.251 e. The fourth-order valence-electron chi connectivity index (χ4n) is 1.92. The fourth-order valence-corrected chi connectivity index (χ4v) is 1.92. The first-order valence-corrected chi connectivity index (χ1v) is 6.48. The highest BCUT2D eigenvalue weighted by atomic mass is 16.3. The third-order valence-corrected chi connectivity index (χ3v) is 2.96. The summed E-state index contributed by atoms with van der Waals surface area (Å²) < 4.78 is 0. The number of nitrogens with two attached hydrogens (primary N) is 1. The molecule has 2 rings (SSSR count). The Morgan fingerprint density at radius 3 is 2.43 bits per heavy atom. The molecule has 0 spiro atoms. The lowest BCUT2D eigenvalue weighted by Crippen LogP contribution is -2.23. The zero-order chi connectivity index (χ0) is 15.2. The maximum atomic E-state index is 12.0. The van der Waals surface area contributed by atoms with Gasteiger partial charge in [0.1, 0.15) is 5.75 Å². The van der Waals surface area contributed by atoms with E-state index in [0.717, 1.165) is 5.56 Å². The number of nitrogens with one attached hydrogen (secondary N) is 1. The molecule has 2 aromatic carbocycles. The number of hydrogen-bond acceptors (Lipinski definition) is 3. The van der Waals surface area contributed by atoms with Crippen LogP contribution in [-0.4, -0.2) is 16.9 Å². The molecule has 0 saturated heterocycles. The van der Waals surface area contributed by atoms with Crippen LogP contribution in [-0.2, 0) is 17.8 Å². The van der Waals surface area contributed by atoms with Gasteiger partial charge in [0.25, 0.3) is 5.91 Å². The summed E-state index contributed by atoms with van der Waals surface area (Å²) in [4.78, 5) is 22.9. The van der Waals surface area contributed by atoms with Gasteiger partial charge in [0.15, 0.2) is 0 Å². The molecule has 0 aliphatic rings. The van der Waals surface area contributed by atoms with E-state index < -0.39 is 5.91 Å². The van der Waals surface area contributed by atoms with Gasteiger partial charge in [-0.25, -0.2) is 0 Å². The zero-order valence-electron chi connectivity index (χ0n) is 11.4. The van der Waals surface area contributed by atoms with Crippen molar-refractivity contribution in [3.8, 4) is 5.75 Å². The van der Waals surface area contributed by atoms with Crippen molar-refractivity contribution in [3.63, 3.8) is 0 Å². The molecule has 4 N–H and O–H groups in total. The minimum Gasteiger partial charge on any atom is -0.508 e. The lowest BCUT2D eigenvalue weighted by molar-refractivity contribution is -0.117. The molecule has 5 nitrogen and oxygen atoms in total. The van der Waals surface area contributed by atoms with Crippen LogP contribution in [0, 0.1) is 0 Å². The van der Waals surface area contributed by atoms with Gasteiger partial charge in [0.05, 0.1) is 6.42 Å². The Morgan fingerprint density at radius 2 is 1.76 bits per heavy atom. The summed E-state index contributed by atoms with van der Waals surface area (Å²) in [6.45, 7) is 0.360. The number of hydrogen-bond donors (Lipinski definition) is 3. The molecule has 0 fully saturated rings. The summed E-state index contributed by atoms with van der Waals surface area (Å²) in [7, 11) is 0. The molecule has 0 aromatic heterocycles. The van der Waals surface area contributed by atoms with E-state index in [4.69, 9.17) is 5.73 Å². The molecule has 0 saturated carbocycles. The number of aromatic hydroxyl groups is 1. The molecule has 2 amide bonds. The van der Waals surface area contributed by atoms with E-state index in [1.165, 1.54) is 0 Å². The molecular formula is C16H16N2O3. The Balaban J connectivity index is 1.99. The van der Waals surface area contributed by atoms with E-state index in [0.29, 0.717) is 17.7 Å². The molecule has 2 aromatic rings. The van der Waals surface area contributed by atoms with Crippen LogP contribution in [0.15, 0.2) is 48.5 Å². The summed E-state index contributed by atoms with van der Waals surface area (Å²) in [5.41, 5.74) is 7.21. The van der Waals surface area contributed by atoms with E-state index in [9.17, 15) is 14.7 Å². The molecule has 0 aliphatic heterocycles. The first-order valence-electron chi connectivity index (χ1n) is 6.48. The molecule has 21 heavy (non-hydrogen) atoms. The van der Waals surface area contributed by atoms with Crippen LogP contribution in [0.2, 0.25) is 0 Å². The predicted octanol–water partition coefficient (Wildman–Crippen LogP) is 1.35. The first kappa shape index (κ1) is 14.6. The quantitative estimate of drug-likeness (QED) is 0.773. The van der Waals surface area contributed by atoms with E-state index in [1.54, 1.807) is 48.5 Å². The second kappa shape index (κ2) is 6.56. The number of phenolic OH excluding ortho intramolecular Hbond substituents is 1. The van der Waals surface area contributed by atoms with Gasteiger partial charge in [-0.1, -0.05) is 24.3 Å². The van der Waals surface area contributed by atoms with Crippen molar-refractivity contribution in [3.05, 3.63) is 65.2 Å². The number of amides is 2. The third kappa shape index (κ3) is 4.35. The van der Waals surface area contributed by atoms with Crippen molar-refractivity contribution in [1.82, 2.24) is 5.32 Å². The summed E-state index contributed by atoms with van der Waals surface area (Å²) in [5, 5.41) is 12.0. The number of rotatable bonds is 5. The Morgan fingerprint density at radius 1 is 1.05 bits per heavy atom. The Bertz CT molecular complexity index is 651. The van der Waals surface area contributed by atoms with Gasteiger partial charge in [-0.15, -0.1) is 0 Å². The average molecular weight is 284 g/mol. The summed E-state index contributed by atoms with van der Waals surface area (Å²) in [6, 6.07) is 13.4. The summed E-state index contributed by atoms with van der Waals surface area (Å²) >= 11 is 0. The molecular weight excluding hydrogens is 268 g/mol. The third-order valence-electron chi connectivity index (χ3n) is 2.96. The second-order valence-corrected chi connectivity index (χ2v) is 4.69. The Labute approximate surface area is 122 Å². The van der Waals surface area contributed by atoms with E-state index in [-0.39, 0.29) is 18.1 Å². The highest BCUT2D eigenvalue weighted by Gasteiger charge is 2.07. The number of phenols is 1. The van der Waals surface area contributed by atoms with Gasteiger partial charge in [-0.05, 0) is 35.4 Å². The van der Waals surface area contributed by atoms with Crippen molar-refractivity contribution in [2.45, 2.75) is 13.0 Å². The van der Waals surface area contributed by atoms with Crippen LogP contribution in [0.25, 0.3) is 0 Å². The van der Waals surface area contributed by atoms with Gasteiger partial charge in [-0.2, -0.15) is 0 Å². The molecule has 0 unspecified atom stereocenters. The monoisotopic (exact) mass is 284 g/mol. The van der Waals surface area contributed by atoms with E-state index >= 15 is 0 Å². The lowest BCUT2D eigenvalue weighted by Gasteiger charge is -2.07. The average Bonchev–Trinajstić information content (AvgIpc) is 2.46. The van der Waals surface area contributed by atoms with Gasteiger partial charge in [0.2, 0.25) is 5.91 Å². The normalized spacial score (nSPS) is 10.1. The van der Waals surface area contributed by atoms with Crippen LogP contribution in [0.3, 0.4) is 0 Å². The largest absolute Gasteiger partial charge is 0.508 e. The first-order chi connectivity index (χ1) is 10.0.